The van der Waals surface area contributed by atoms with E-state index in [4.69, 9.17) is 4.42 Å². The molecule has 3 aliphatic rings. The van der Waals surface area contributed by atoms with Gasteiger partial charge in [0.25, 0.3) is 5.91 Å². The third-order valence-corrected chi connectivity index (χ3v) is 3.92. The lowest BCUT2D eigenvalue weighted by atomic mass is 9.64. The Labute approximate surface area is 105 Å². The third-order valence-electron chi connectivity index (χ3n) is 3.92. The summed E-state index contributed by atoms with van der Waals surface area (Å²) in [6.07, 6.45) is 3.36. The summed E-state index contributed by atoms with van der Waals surface area (Å²) in [5, 5.41) is 9.61. The van der Waals surface area contributed by atoms with Crippen molar-refractivity contribution in [2.45, 2.75) is 18.4 Å². The van der Waals surface area contributed by atoms with E-state index in [2.05, 4.69) is 15.5 Å². The number of amides is 2. The van der Waals surface area contributed by atoms with E-state index >= 15 is 0 Å². The Morgan fingerprint density at radius 3 is 2.74 bits per heavy atom. The van der Waals surface area contributed by atoms with E-state index in [-0.39, 0.29) is 17.4 Å². The fourth-order valence-corrected chi connectivity index (χ4v) is 2.93. The van der Waals surface area contributed by atoms with Crippen molar-refractivity contribution in [2.75, 3.05) is 0 Å². The average Bonchev–Trinajstić information content (AvgIpc) is 2.64. The highest BCUT2D eigenvalue weighted by Crippen LogP contribution is 2.47. The summed E-state index contributed by atoms with van der Waals surface area (Å²) in [6, 6.07) is 0. The summed E-state index contributed by atoms with van der Waals surface area (Å²) in [7, 11) is 0. The number of aromatic nitrogens is 3. The molecule has 8 nitrogen and oxygen atoms in total. The molecule has 1 aliphatic carbocycles. The van der Waals surface area contributed by atoms with Crippen molar-refractivity contribution < 1.29 is 14.0 Å². The average molecular weight is 260 g/mol. The van der Waals surface area contributed by atoms with Gasteiger partial charge in [0, 0.05) is 5.92 Å². The number of hydrogen-bond acceptors (Lipinski definition) is 6. The number of fused-ring (bicyclic) bond motifs is 3. The van der Waals surface area contributed by atoms with E-state index in [1.165, 1.54) is 17.0 Å². The number of carbonyl (C=O) groups is 2. The Balaban J connectivity index is 1.97. The van der Waals surface area contributed by atoms with Gasteiger partial charge in [-0.05, 0) is 12.8 Å². The molecule has 0 radical (unpaired) electrons. The van der Waals surface area contributed by atoms with Crippen LogP contribution in [0.3, 0.4) is 0 Å². The number of nitrogens with zero attached hydrogens (tertiary/aromatic N) is 3. The molecule has 1 saturated carbocycles. The lowest BCUT2D eigenvalue weighted by Gasteiger charge is -2.49. The summed E-state index contributed by atoms with van der Waals surface area (Å²) < 4.78 is 6.34. The summed E-state index contributed by atoms with van der Waals surface area (Å²) in [5.74, 6) is -1.58. The van der Waals surface area contributed by atoms with E-state index in [9.17, 15) is 14.4 Å². The van der Waals surface area contributed by atoms with Crippen LogP contribution < -0.4 is 11.1 Å². The number of carbonyl (C=O) groups excluding carboxylic acids is 2. The van der Waals surface area contributed by atoms with Gasteiger partial charge in [0.2, 0.25) is 5.91 Å². The molecule has 4 heterocycles. The van der Waals surface area contributed by atoms with Crippen LogP contribution >= 0.6 is 0 Å². The second-order valence-corrected chi connectivity index (χ2v) is 4.90. The van der Waals surface area contributed by atoms with Gasteiger partial charge < -0.3 is 4.42 Å². The number of piperidine rings is 2. The lowest BCUT2D eigenvalue weighted by Crippen LogP contribution is -2.68. The first-order chi connectivity index (χ1) is 9.12. The zero-order valence-corrected chi connectivity index (χ0v) is 9.62. The molecule has 0 atom stereocenters. The first-order valence-electron chi connectivity index (χ1n) is 5.80. The largest absolute Gasteiger partial charge is 0.421 e. The molecule has 1 N–H and O–H groups in total. The summed E-state index contributed by atoms with van der Waals surface area (Å²) >= 11 is 0. The highest BCUT2D eigenvalue weighted by Gasteiger charge is 2.60. The molecule has 0 unspecified atom stereocenters. The van der Waals surface area contributed by atoms with Crippen LogP contribution in [0.15, 0.2) is 21.6 Å². The third kappa shape index (κ3) is 1.11. The van der Waals surface area contributed by atoms with Crippen molar-refractivity contribution in [3.63, 3.8) is 0 Å². The van der Waals surface area contributed by atoms with E-state index in [1.807, 2.05) is 0 Å². The molecule has 3 fully saturated rings. The van der Waals surface area contributed by atoms with Gasteiger partial charge in [0.05, 0.1) is 12.4 Å². The number of oxazole rings is 1. The van der Waals surface area contributed by atoms with Crippen LogP contribution in [0.5, 0.6) is 0 Å². The Morgan fingerprint density at radius 1 is 1.26 bits per heavy atom. The molecule has 2 amide bonds. The minimum Gasteiger partial charge on any atom is -0.406 e. The molecule has 2 aliphatic heterocycles. The Morgan fingerprint density at radius 2 is 2.00 bits per heavy atom. The Bertz CT molecular complexity index is 783. The first-order valence-corrected chi connectivity index (χ1v) is 5.80. The molecular weight excluding hydrogens is 252 g/mol. The minimum absolute atomic E-state index is 0.218. The predicted molar refractivity (Wildman–Crippen MR) is 59.9 cm³/mol. The van der Waals surface area contributed by atoms with Crippen molar-refractivity contribution in [3.05, 3.63) is 22.9 Å². The monoisotopic (exact) mass is 260 g/mol. The highest BCUT2D eigenvalue weighted by atomic mass is 16.4. The summed E-state index contributed by atoms with van der Waals surface area (Å²) in [5.41, 5.74) is -0.324. The molecule has 8 heteroatoms. The maximum atomic E-state index is 12.1. The van der Waals surface area contributed by atoms with Crippen molar-refractivity contribution in [1.29, 1.82) is 0 Å². The topological polar surface area (TPSA) is 107 Å². The second kappa shape index (κ2) is 3.08. The van der Waals surface area contributed by atoms with E-state index < -0.39 is 17.2 Å². The number of imide groups is 1. The lowest BCUT2D eigenvalue weighted by molar-refractivity contribution is -0.156. The molecule has 2 bridgehead atoms. The van der Waals surface area contributed by atoms with E-state index in [1.54, 1.807) is 0 Å². The highest BCUT2D eigenvalue weighted by molar-refractivity contribution is 6.06. The van der Waals surface area contributed by atoms with Crippen LogP contribution in [0, 0.1) is 5.92 Å². The molecule has 0 spiro atoms. The molecular formula is C11H8N4O4. The van der Waals surface area contributed by atoms with Gasteiger partial charge in [-0.1, -0.05) is 0 Å². The smallest absolute Gasteiger partial charge is 0.406 e. The fourth-order valence-electron chi connectivity index (χ4n) is 2.93. The molecule has 2 saturated heterocycles. The standard InChI is InChI=1S/C11H8N4O4/c16-8-5-1-11(2-5,9(17)14-8)15-6-3-12-13-4-7(6)19-10(15)18/h3-5H,1-2H2,(H,14,16,17). The zero-order valence-electron chi connectivity index (χ0n) is 9.62. The molecule has 19 heavy (non-hydrogen) atoms. The maximum absolute atomic E-state index is 12.1. The van der Waals surface area contributed by atoms with Crippen molar-refractivity contribution in [1.82, 2.24) is 20.1 Å². The number of nitrogens with one attached hydrogen (secondary N) is 1. The van der Waals surface area contributed by atoms with Crippen LogP contribution in [0.2, 0.25) is 0 Å². The Kier molecular flexibility index (Phi) is 1.69. The van der Waals surface area contributed by atoms with Crippen molar-refractivity contribution >= 4 is 22.9 Å². The van der Waals surface area contributed by atoms with Crippen molar-refractivity contribution in [2.24, 2.45) is 5.92 Å². The van der Waals surface area contributed by atoms with Gasteiger partial charge in [-0.2, -0.15) is 10.2 Å². The van der Waals surface area contributed by atoms with Crippen LogP contribution in [-0.4, -0.2) is 26.6 Å². The van der Waals surface area contributed by atoms with E-state index in [0.717, 1.165) is 0 Å². The SMILES string of the molecule is O=C1NC(=O)C2(n3c(=O)oc4cnncc43)CC1C2. The fraction of sp³-hybridized carbons (Fsp3) is 0.364. The quantitative estimate of drug-likeness (QED) is 0.669. The molecule has 2 aromatic heterocycles. The van der Waals surface area contributed by atoms with Crippen LogP contribution in [0.1, 0.15) is 12.8 Å². The van der Waals surface area contributed by atoms with Gasteiger partial charge >= 0.3 is 5.76 Å². The van der Waals surface area contributed by atoms with Crippen LogP contribution in [0.4, 0.5) is 0 Å². The minimum atomic E-state index is -1.02. The zero-order chi connectivity index (χ0) is 13.2. The van der Waals surface area contributed by atoms with Crippen LogP contribution in [-0.2, 0) is 15.1 Å². The summed E-state index contributed by atoms with van der Waals surface area (Å²) in [6.45, 7) is 0. The molecule has 96 valence electrons. The first kappa shape index (κ1) is 10.4. The van der Waals surface area contributed by atoms with Gasteiger partial charge in [0.15, 0.2) is 5.58 Å². The van der Waals surface area contributed by atoms with Gasteiger partial charge in [-0.25, -0.2) is 4.79 Å². The predicted octanol–water partition coefficient (Wildman–Crippen LogP) is -0.854. The van der Waals surface area contributed by atoms with Crippen LogP contribution in [0.25, 0.3) is 11.1 Å². The van der Waals surface area contributed by atoms with Gasteiger partial charge in [-0.3, -0.25) is 19.5 Å². The maximum Gasteiger partial charge on any atom is 0.421 e. The number of rotatable bonds is 1. The van der Waals surface area contributed by atoms with Crippen molar-refractivity contribution in [3.8, 4) is 0 Å². The Hall–Kier alpha value is -2.51. The summed E-state index contributed by atoms with van der Waals surface area (Å²) in [4.78, 5) is 35.5. The van der Waals surface area contributed by atoms with Gasteiger partial charge in [-0.15, -0.1) is 0 Å². The second-order valence-electron chi connectivity index (χ2n) is 4.90. The molecule has 0 aromatic carbocycles. The molecule has 2 aromatic rings. The number of hydrogen-bond donors (Lipinski definition) is 1. The molecule has 5 rings (SSSR count). The van der Waals surface area contributed by atoms with Gasteiger partial charge in [0.1, 0.15) is 11.1 Å². The van der Waals surface area contributed by atoms with E-state index in [0.29, 0.717) is 18.4 Å². The normalized spacial score (nSPS) is 29.2.